The normalized spacial score (nSPS) is 16.6. The first kappa shape index (κ1) is 31.3. The molecule has 4 aromatic carbocycles. The maximum absolute atomic E-state index is 6.37. The summed E-state index contributed by atoms with van der Waals surface area (Å²) >= 11 is 23.5. The average molecular weight is 694 g/mol. The van der Waals surface area contributed by atoms with Crippen LogP contribution in [0.15, 0.2) is 91.0 Å². The van der Waals surface area contributed by atoms with Crippen LogP contribution in [0.5, 0.6) is 0 Å². The van der Waals surface area contributed by atoms with Gasteiger partial charge in [0.2, 0.25) is 0 Å². The first-order chi connectivity index (χ1) is 20.4. The second-order valence-electron chi connectivity index (χ2n) is 11.3. The zero-order chi connectivity index (χ0) is 30.7. The van der Waals surface area contributed by atoms with Crippen LogP contribution >= 0.6 is 12.1 Å². The number of anilines is 3. The zero-order valence-corrected chi connectivity index (χ0v) is 29.6. The molecule has 0 radical (unpaired) electrons. The van der Waals surface area contributed by atoms with Crippen LogP contribution in [0.3, 0.4) is 0 Å². The monoisotopic (exact) mass is 693 g/mol. The number of hydrogen-bond acceptors (Lipinski definition) is 9. The average Bonchev–Trinajstić information content (AvgIpc) is 3.44. The minimum atomic E-state index is -1.72. The van der Waals surface area contributed by atoms with Gasteiger partial charge in [-0.2, -0.15) is 0 Å². The molecule has 0 unspecified atom stereocenters. The molecule has 13 heteroatoms. The van der Waals surface area contributed by atoms with Gasteiger partial charge < -0.3 is 18.8 Å². The molecule has 4 nitrogen and oxygen atoms in total. The molecule has 0 atom stereocenters. The van der Waals surface area contributed by atoms with E-state index in [1.54, 1.807) is 0 Å². The van der Waals surface area contributed by atoms with Crippen LogP contribution in [-0.4, -0.2) is 28.3 Å². The summed E-state index contributed by atoms with van der Waals surface area (Å²) in [6.07, 6.45) is 0. The van der Waals surface area contributed by atoms with Gasteiger partial charge in [-0.15, -0.1) is 0 Å². The topological polar surface area (TPSA) is 26.6 Å². The predicted octanol–water partition coefficient (Wildman–Crippen LogP) is 7.12. The Balaban J connectivity index is 0.000000365. The molecule has 0 aliphatic carbocycles. The number of aromatic nitrogens is 1. The van der Waals surface area contributed by atoms with Crippen molar-refractivity contribution in [3.63, 3.8) is 0 Å². The van der Waals surface area contributed by atoms with E-state index < -0.39 is 13.1 Å². The Morgan fingerprint density at radius 1 is 0.744 bits per heavy atom. The van der Waals surface area contributed by atoms with Crippen LogP contribution in [0.2, 0.25) is 0 Å². The van der Waals surface area contributed by atoms with Gasteiger partial charge in [0.1, 0.15) is 0 Å². The van der Waals surface area contributed by atoms with Gasteiger partial charge in [-0.25, -0.2) is 0 Å². The molecule has 0 saturated carbocycles. The fourth-order valence-corrected chi connectivity index (χ4v) is 8.05. The summed E-state index contributed by atoms with van der Waals surface area (Å²) in [5.41, 5.74) is 8.77. The number of para-hydroxylation sites is 4. The summed E-state index contributed by atoms with van der Waals surface area (Å²) in [7, 11) is -1.09. The second kappa shape index (κ2) is 11.6. The summed E-state index contributed by atoms with van der Waals surface area (Å²) in [4.78, 5) is 2.37. The SMILES string of the molecule is CC1(C)OB(c2ccc3c(c2)c2cccc4c2n3-c2ccccc2N4c2ccccc2)OC1(C)C.S=BS(=S)(=S)[S-](=S)=S. The van der Waals surface area contributed by atoms with Gasteiger partial charge in [-0.3, -0.25) is 0 Å². The van der Waals surface area contributed by atoms with E-state index in [4.69, 9.17) is 31.7 Å². The molecule has 5 aromatic rings. The van der Waals surface area contributed by atoms with Crippen molar-refractivity contribution in [1.29, 1.82) is 0 Å². The maximum atomic E-state index is 6.37. The van der Waals surface area contributed by atoms with Gasteiger partial charge in [-0.1, -0.05) is 54.6 Å². The summed E-state index contributed by atoms with van der Waals surface area (Å²) in [6.45, 7) is 8.39. The van der Waals surface area contributed by atoms with Gasteiger partial charge in [-0.05, 0) is 69.6 Å². The molecule has 0 bridgehead atoms. The van der Waals surface area contributed by atoms with Crippen molar-refractivity contribution in [2.75, 3.05) is 4.90 Å². The van der Waals surface area contributed by atoms with Crippen molar-refractivity contribution >= 4 is 127 Å². The zero-order valence-electron chi connectivity index (χ0n) is 23.9. The van der Waals surface area contributed by atoms with Crippen molar-refractivity contribution < 1.29 is 9.31 Å². The van der Waals surface area contributed by atoms with E-state index in [-0.39, 0.29) is 18.3 Å². The molecule has 3 heterocycles. The molecule has 2 aliphatic heterocycles. The molecule has 2 aliphatic rings. The third-order valence-electron chi connectivity index (χ3n) is 8.24. The van der Waals surface area contributed by atoms with Crippen molar-refractivity contribution in [2.45, 2.75) is 38.9 Å². The number of hydrogen-bond donors (Lipinski definition) is 0. The van der Waals surface area contributed by atoms with Gasteiger partial charge >= 0.3 is 82.4 Å². The second-order valence-corrected chi connectivity index (χ2v) is 25.0. The summed E-state index contributed by atoms with van der Waals surface area (Å²) < 4.78 is 15.2. The Kier molecular flexibility index (Phi) is 8.45. The van der Waals surface area contributed by atoms with Crippen molar-refractivity contribution in [1.82, 2.24) is 4.57 Å². The van der Waals surface area contributed by atoms with Gasteiger partial charge in [0.15, 0.2) is 0 Å². The van der Waals surface area contributed by atoms with E-state index in [2.05, 4.69) is 163 Å². The van der Waals surface area contributed by atoms with Crippen molar-refractivity contribution in [3.8, 4) is 5.69 Å². The summed E-state index contributed by atoms with van der Waals surface area (Å²) in [5, 5.41) is 2.44. The van der Waals surface area contributed by atoms with Crippen LogP contribution in [-0.2, 0) is 67.1 Å². The van der Waals surface area contributed by atoms with Crippen LogP contribution < -0.4 is 10.4 Å². The van der Waals surface area contributed by atoms with Crippen LogP contribution in [0.1, 0.15) is 27.7 Å². The van der Waals surface area contributed by atoms with Crippen LogP contribution in [0.25, 0.3) is 27.5 Å². The quantitative estimate of drug-likeness (QED) is 0.110. The van der Waals surface area contributed by atoms with Crippen LogP contribution in [0, 0.1) is 0 Å². The summed E-state index contributed by atoms with van der Waals surface area (Å²) in [6, 6.07) is 30.7. The van der Waals surface area contributed by atoms with E-state index in [9.17, 15) is 0 Å². The predicted molar refractivity (Wildman–Crippen MR) is 202 cm³/mol. The standard InChI is InChI=1S/C30H27BN2O2.BS7/c1-29(2)30(3,4)35-31(34-29)20-17-18-24-23(19-20)22-13-10-16-27-28(22)33(24)26-15-9-8-14-25(26)32(27)21-11-6-5-7-12-21;2-1-8(5,6)7(3)4/h5-19H,1-4H3;/q;-1. The fourth-order valence-electron chi connectivity index (χ4n) is 5.48. The third-order valence-corrected chi connectivity index (χ3v) is 22.2. The number of nitrogens with zero attached hydrogens (tertiary/aromatic N) is 2. The first-order valence-corrected chi connectivity index (χ1v) is 21.1. The van der Waals surface area contributed by atoms with E-state index in [0.717, 1.165) is 11.2 Å². The molecule has 43 heavy (non-hydrogen) atoms. The Labute approximate surface area is 278 Å². The van der Waals surface area contributed by atoms with Crippen molar-refractivity contribution in [3.05, 3.63) is 91.0 Å². The minimum absolute atomic E-state index is 0.369. The van der Waals surface area contributed by atoms with Gasteiger partial charge in [0, 0.05) is 16.5 Å². The van der Waals surface area contributed by atoms with Gasteiger partial charge in [0.05, 0.1) is 39.3 Å². The fraction of sp³-hybridized carbons (Fsp3) is 0.200. The van der Waals surface area contributed by atoms with E-state index in [1.807, 2.05) is 0 Å². The Hall–Kier alpha value is -1.67. The molecular weight excluding hydrogens is 666 g/mol. The molecule has 0 N–H and O–H groups in total. The third kappa shape index (κ3) is 5.44. The van der Waals surface area contributed by atoms with E-state index in [0.29, 0.717) is 0 Å². The van der Waals surface area contributed by atoms with E-state index in [1.165, 1.54) is 44.3 Å². The Bertz CT molecular complexity index is 2070. The molecule has 1 aromatic heterocycles. The number of rotatable bonds is 4. The number of benzene rings is 4. The van der Waals surface area contributed by atoms with E-state index >= 15 is 0 Å². The summed E-state index contributed by atoms with van der Waals surface area (Å²) in [5.74, 6) is 0. The molecule has 0 amide bonds. The molecular formula is C30H27B2N2O2S7-. The molecule has 1 fully saturated rings. The Morgan fingerprint density at radius 2 is 1.35 bits per heavy atom. The number of fused-ring (bicyclic) bond motifs is 5. The molecule has 0 spiro atoms. The van der Waals surface area contributed by atoms with Gasteiger partial charge in [0.25, 0.3) is 0 Å². The molecule has 218 valence electrons. The molecule has 7 rings (SSSR count). The first-order valence-electron chi connectivity index (χ1n) is 13.5. The molecule has 1 saturated heterocycles. The van der Waals surface area contributed by atoms with Crippen molar-refractivity contribution in [2.24, 2.45) is 0 Å². The van der Waals surface area contributed by atoms with Crippen LogP contribution in [0.4, 0.5) is 17.1 Å². The Morgan fingerprint density at radius 3 is 1.95 bits per heavy atom.